The average Bonchev–Trinajstić information content (AvgIpc) is 3.66. The van der Waals surface area contributed by atoms with E-state index in [0.29, 0.717) is 23.7 Å². The first-order chi connectivity index (χ1) is 21.5. The molecule has 3 rings (SSSR count). The molecule has 2 aromatic rings. The third kappa shape index (κ3) is 12.0. The number of aromatic amines is 2. The molecule has 0 radical (unpaired) electrons. The van der Waals surface area contributed by atoms with E-state index in [1.807, 2.05) is 0 Å². The van der Waals surface area contributed by atoms with Crippen LogP contribution in [-0.4, -0.2) is 73.8 Å². The Morgan fingerprint density at radius 1 is 0.870 bits per heavy atom. The Labute approximate surface area is 271 Å². The fourth-order valence-electron chi connectivity index (χ4n) is 5.46. The first kappa shape index (κ1) is 36.4. The van der Waals surface area contributed by atoms with Crippen molar-refractivity contribution in [3.05, 3.63) is 36.4 Å². The molecule has 2 aromatic heterocycles. The van der Waals surface area contributed by atoms with Gasteiger partial charge in [-0.25, -0.2) is 19.6 Å². The van der Waals surface area contributed by atoms with Crippen LogP contribution in [0.15, 0.2) is 25.0 Å². The van der Waals surface area contributed by atoms with Crippen molar-refractivity contribution in [2.75, 3.05) is 6.54 Å². The second kappa shape index (κ2) is 15.9. The number of aromatic nitrogens is 4. The van der Waals surface area contributed by atoms with Crippen molar-refractivity contribution in [1.29, 1.82) is 0 Å². The van der Waals surface area contributed by atoms with Crippen LogP contribution in [0.1, 0.15) is 105 Å². The number of nitrogens with one attached hydrogen (secondary N) is 6. The standard InChI is InChI=1S/C32H52N8O6/c1-30(2,3)45-28(43)39-24(16-23-17-33-19-36-23)26(41)35-14-13-22(15-21-11-9-8-10-12-21)38-27(42)32(7,25-18-34-20-37-25)40-29(44)46-31(4,5)6/h17-22,24H,8-16H2,1-7H3,(H,33,36)(H,34,37)(H,35,41)(H,38,42)(H,39,43)(H,40,44)/t22-,24+,32+/m1/s1. The highest BCUT2D eigenvalue weighted by Crippen LogP contribution is 2.29. The van der Waals surface area contributed by atoms with Crippen LogP contribution in [0.5, 0.6) is 0 Å². The van der Waals surface area contributed by atoms with Crippen molar-refractivity contribution in [3.63, 3.8) is 0 Å². The van der Waals surface area contributed by atoms with Gasteiger partial charge in [0.15, 0.2) is 5.54 Å². The molecule has 1 saturated carbocycles. The molecule has 3 atom stereocenters. The van der Waals surface area contributed by atoms with Crippen LogP contribution in [0, 0.1) is 5.92 Å². The lowest BCUT2D eigenvalue weighted by Gasteiger charge is -2.33. The molecule has 0 saturated heterocycles. The first-order valence-electron chi connectivity index (χ1n) is 16.1. The van der Waals surface area contributed by atoms with E-state index in [-0.39, 0.29) is 19.0 Å². The summed E-state index contributed by atoms with van der Waals surface area (Å²) in [4.78, 5) is 66.6. The van der Waals surface area contributed by atoms with Crippen molar-refractivity contribution in [1.82, 2.24) is 41.2 Å². The third-order valence-electron chi connectivity index (χ3n) is 7.70. The van der Waals surface area contributed by atoms with Gasteiger partial charge in [-0.1, -0.05) is 32.1 Å². The van der Waals surface area contributed by atoms with Gasteiger partial charge >= 0.3 is 12.2 Å². The Morgan fingerprint density at radius 3 is 2.09 bits per heavy atom. The van der Waals surface area contributed by atoms with E-state index in [4.69, 9.17) is 9.47 Å². The number of carbonyl (C=O) groups is 4. The minimum atomic E-state index is -1.50. The van der Waals surface area contributed by atoms with E-state index in [0.717, 1.165) is 32.1 Å². The molecule has 0 spiro atoms. The van der Waals surface area contributed by atoms with E-state index < -0.39 is 46.8 Å². The summed E-state index contributed by atoms with van der Waals surface area (Å²) in [5.41, 5.74) is -1.92. The molecule has 6 N–H and O–H groups in total. The summed E-state index contributed by atoms with van der Waals surface area (Å²) in [6.07, 6.45) is 11.5. The van der Waals surface area contributed by atoms with Gasteiger partial charge in [-0.15, -0.1) is 0 Å². The van der Waals surface area contributed by atoms with Crippen LogP contribution in [0.2, 0.25) is 0 Å². The number of H-pyrrole nitrogens is 2. The summed E-state index contributed by atoms with van der Waals surface area (Å²) in [5, 5.41) is 11.5. The summed E-state index contributed by atoms with van der Waals surface area (Å²) in [6.45, 7) is 12.3. The van der Waals surface area contributed by atoms with Crippen LogP contribution >= 0.6 is 0 Å². The number of hydrogen-bond acceptors (Lipinski definition) is 8. The molecule has 1 fully saturated rings. The average molecular weight is 645 g/mol. The Bertz CT molecular complexity index is 1260. The molecule has 0 aromatic carbocycles. The number of rotatable bonds is 13. The summed E-state index contributed by atoms with van der Waals surface area (Å²) < 4.78 is 10.8. The van der Waals surface area contributed by atoms with Gasteiger partial charge in [0, 0.05) is 30.9 Å². The number of amides is 4. The highest BCUT2D eigenvalue weighted by atomic mass is 16.6. The lowest BCUT2D eigenvalue weighted by molar-refractivity contribution is -0.128. The monoisotopic (exact) mass is 644 g/mol. The van der Waals surface area contributed by atoms with Crippen molar-refractivity contribution in [2.24, 2.45) is 5.92 Å². The Balaban J connectivity index is 1.72. The molecule has 2 heterocycles. The molecular formula is C32H52N8O6. The second-order valence-electron chi connectivity index (χ2n) is 14.2. The SMILES string of the molecule is CC(C)(C)OC(=O)N[C@@H](Cc1cnc[nH]1)C(=O)NCC[C@H](CC1CCCCC1)NC(=O)[C@@](C)(NC(=O)OC(C)(C)C)c1cnc[nH]1. The summed E-state index contributed by atoms with van der Waals surface area (Å²) >= 11 is 0. The molecule has 4 amide bonds. The van der Waals surface area contributed by atoms with Crippen LogP contribution in [-0.2, 0) is 31.0 Å². The summed E-state index contributed by atoms with van der Waals surface area (Å²) in [5.74, 6) is -0.399. The molecule has 46 heavy (non-hydrogen) atoms. The molecule has 1 aliphatic rings. The maximum absolute atomic E-state index is 13.9. The van der Waals surface area contributed by atoms with Crippen LogP contribution in [0.25, 0.3) is 0 Å². The molecule has 14 heteroatoms. The van der Waals surface area contributed by atoms with Gasteiger partial charge in [-0.05, 0) is 67.2 Å². The first-order valence-corrected chi connectivity index (χ1v) is 16.1. The fraction of sp³-hybridized carbons (Fsp3) is 0.688. The van der Waals surface area contributed by atoms with E-state index >= 15 is 0 Å². The molecular weight excluding hydrogens is 592 g/mol. The zero-order chi connectivity index (χ0) is 34.0. The lowest BCUT2D eigenvalue weighted by Crippen LogP contribution is -2.57. The maximum Gasteiger partial charge on any atom is 0.408 e. The fourth-order valence-corrected chi connectivity index (χ4v) is 5.46. The highest BCUT2D eigenvalue weighted by Gasteiger charge is 2.41. The van der Waals surface area contributed by atoms with Crippen molar-refractivity contribution >= 4 is 24.0 Å². The normalized spacial score (nSPS) is 16.8. The molecule has 0 bridgehead atoms. The van der Waals surface area contributed by atoms with E-state index in [2.05, 4.69) is 41.2 Å². The Hall–Kier alpha value is -4.10. The van der Waals surface area contributed by atoms with E-state index in [1.54, 1.807) is 54.7 Å². The van der Waals surface area contributed by atoms with Crippen molar-refractivity contribution < 1.29 is 28.7 Å². The number of hydrogen-bond donors (Lipinski definition) is 6. The molecule has 0 aliphatic heterocycles. The largest absolute Gasteiger partial charge is 0.444 e. The van der Waals surface area contributed by atoms with Gasteiger partial charge in [0.2, 0.25) is 5.91 Å². The van der Waals surface area contributed by atoms with Gasteiger partial charge in [0.25, 0.3) is 5.91 Å². The van der Waals surface area contributed by atoms with Gasteiger partial charge in [0.1, 0.15) is 17.2 Å². The lowest BCUT2D eigenvalue weighted by atomic mass is 9.84. The quantitative estimate of drug-likeness (QED) is 0.189. The topological polar surface area (TPSA) is 192 Å². The van der Waals surface area contributed by atoms with Crippen molar-refractivity contribution in [2.45, 2.75) is 129 Å². The smallest absolute Gasteiger partial charge is 0.408 e. The zero-order valence-corrected chi connectivity index (χ0v) is 28.2. The number of alkyl carbamates (subject to hydrolysis) is 2. The third-order valence-corrected chi connectivity index (χ3v) is 7.70. The number of imidazole rings is 2. The minimum Gasteiger partial charge on any atom is -0.444 e. The number of carbonyl (C=O) groups excluding carboxylic acids is 4. The van der Waals surface area contributed by atoms with Crippen LogP contribution < -0.4 is 21.3 Å². The maximum atomic E-state index is 13.9. The summed E-state index contributed by atoms with van der Waals surface area (Å²) in [6, 6.07) is -1.22. The van der Waals surface area contributed by atoms with Crippen molar-refractivity contribution in [3.8, 4) is 0 Å². The number of nitrogens with zero attached hydrogens (tertiary/aromatic N) is 2. The van der Waals surface area contributed by atoms with E-state index in [9.17, 15) is 19.2 Å². The zero-order valence-electron chi connectivity index (χ0n) is 28.2. The van der Waals surface area contributed by atoms with Gasteiger partial charge in [-0.3, -0.25) is 9.59 Å². The second-order valence-corrected chi connectivity index (χ2v) is 14.2. The molecule has 0 unspecified atom stereocenters. The predicted octanol–water partition coefficient (Wildman–Crippen LogP) is 3.97. The predicted molar refractivity (Wildman–Crippen MR) is 172 cm³/mol. The number of ether oxygens (including phenoxy) is 2. The Kier molecular flexibility index (Phi) is 12.6. The summed E-state index contributed by atoms with van der Waals surface area (Å²) in [7, 11) is 0. The molecule has 256 valence electrons. The Morgan fingerprint density at radius 2 is 1.50 bits per heavy atom. The van der Waals surface area contributed by atoms with Gasteiger partial charge < -0.3 is 40.7 Å². The van der Waals surface area contributed by atoms with E-state index in [1.165, 1.54) is 25.3 Å². The van der Waals surface area contributed by atoms with Crippen LogP contribution in [0.3, 0.4) is 0 Å². The van der Waals surface area contributed by atoms with Gasteiger partial charge in [0.05, 0.1) is 24.5 Å². The van der Waals surface area contributed by atoms with Gasteiger partial charge in [-0.2, -0.15) is 0 Å². The highest BCUT2D eigenvalue weighted by molar-refractivity contribution is 5.90. The van der Waals surface area contributed by atoms with Crippen LogP contribution in [0.4, 0.5) is 9.59 Å². The minimum absolute atomic E-state index is 0.187. The molecule has 14 nitrogen and oxygen atoms in total. The molecule has 1 aliphatic carbocycles.